The van der Waals surface area contributed by atoms with E-state index >= 15 is 0 Å². The maximum Gasteiger partial charge on any atom is 0.324 e. The smallest absolute Gasteiger partial charge is 0.324 e. The molecule has 2 aromatic rings. The van der Waals surface area contributed by atoms with E-state index < -0.39 is 11.6 Å². The average molecular weight is 385 g/mol. The third-order valence-electron chi connectivity index (χ3n) is 4.26. The van der Waals surface area contributed by atoms with E-state index in [-0.39, 0.29) is 11.9 Å². The van der Waals surface area contributed by atoms with Crippen molar-refractivity contribution in [3.63, 3.8) is 0 Å². The van der Waals surface area contributed by atoms with Crippen LogP contribution in [0.2, 0.25) is 10.0 Å². The van der Waals surface area contributed by atoms with Crippen molar-refractivity contribution in [3.8, 4) is 0 Å². The quantitative estimate of drug-likeness (QED) is 0.729. The van der Waals surface area contributed by atoms with Crippen LogP contribution >= 0.6 is 23.2 Å². The summed E-state index contributed by atoms with van der Waals surface area (Å²) >= 11 is 12.5. The molecule has 25 heavy (non-hydrogen) atoms. The SMILES string of the molecule is CN1CC(Cc2ccc(F)cc2F)CN(c2c(Cl)cccc2Cl)C1=O. The minimum absolute atomic E-state index is 0.0463. The van der Waals surface area contributed by atoms with Gasteiger partial charge in [-0.25, -0.2) is 13.6 Å². The highest BCUT2D eigenvalue weighted by atomic mass is 35.5. The Kier molecular flexibility index (Phi) is 5.16. The normalized spacial score (nSPS) is 18.0. The number of nitrogens with zero attached hydrogens (tertiary/aromatic N) is 2. The first-order chi connectivity index (χ1) is 11.9. The lowest BCUT2D eigenvalue weighted by Crippen LogP contribution is -2.52. The van der Waals surface area contributed by atoms with Crippen LogP contribution in [0.1, 0.15) is 5.56 Å². The molecular formula is C18H16Cl2F2N2O. The summed E-state index contributed by atoms with van der Waals surface area (Å²) < 4.78 is 27.0. The van der Waals surface area contributed by atoms with Crippen molar-refractivity contribution in [1.29, 1.82) is 0 Å². The zero-order valence-electron chi connectivity index (χ0n) is 13.5. The van der Waals surface area contributed by atoms with Crippen LogP contribution in [-0.4, -0.2) is 31.1 Å². The molecule has 0 saturated carbocycles. The highest BCUT2D eigenvalue weighted by Gasteiger charge is 2.33. The zero-order valence-corrected chi connectivity index (χ0v) is 15.0. The summed E-state index contributed by atoms with van der Waals surface area (Å²) in [6, 6.07) is 8.37. The third-order valence-corrected chi connectivity index (χ3v) is 4.87. The Morgan fingerprint density at radius 1 is 1.12 bits per heavy atom. The Morgan fingerprint density at radius 3 is 2.44 bits per heavy atom. The van der Waals surface area contributed by atoms with Crippen LogP contribution in [0.3, 0.4) is 0 Å². The van der Waals surface area contributed by atoms with Crippen molar-refractivity contribution in [2.75, 3.05) is 25.0 Å². The Morgan fingerprint density at radius 2 is 1.80 bits per heavy atom. The Bertz CT molecular complexity index is 795. The van der Waals surface area contributed by atoms with E-state index in [1.807, 2.05) is 0 Å². The van der Waals surface area contributed by atoms with Gasteiger partial charge in [-0.15, -0.1) is 0 Å². The Hall–Kier alpha value is -1.85. The molecule has 0 aromatic heterocycles. The number of carbonyl (C=O) groups excluding carboxylic acids is 1. The van der Waals surface area contributed by atoms with Gasteiger partial charge in [0.25, 0.3) is 0 Å². The second-order valence-electron chi connectivity index (χ2n) is 6.15. The molecule has 1 saturated heterocycles. The summed E-state index contributed by atoms with van der Waals surface area (Å²) in [6.07, 6.45) is 0.377. The van der Waals surface area contributed by atoms with Crippen LogP contribution in [-0.2, 0) is 6.42 Å². The van der Waals surface area contributed by atoms with Crippen LogP contribution in [0.4, 0.5) is 19.3 Å². The molecule has 1 fully saturated rings. The van der Waals surface area contributed by atoms with Gasteiger partial charge in [-0.05, 0) is 36.1 Å². The van der Waals surface area contributed by atoms with Gasteiger partial charge in [0, 0.05) is 26.2 Å². The molecule has 1 heterocycles. The van der Waals surface area contributed by atoms with Gasteiger partial charge in [0.1, 0.15) is 11.6 Å². The fraction of sp³-hybridized carbons (Fsp3) is 0.278. The number of halogens is 4. The zero-order chi connectivity index (χ0) is 18.1. The van der Waals surface area contributed by atoms with Crippen LogP contribution in [0.5, 0.6) is 0 Å². The molecule has 3 nitrogen and oxygen atoms in total. The number of hydrogen-bond acceptors (Lipinski definition) is 1. The predicted molar refractivity (Wildman–Crippen MR) is 95.4 cm³/mol. The number of benzene rings is 2. The molecule has 1 atom stereocenters. The molecule has 0 N–H and O–H groups in total. The van der Waals surface area contributed by atoms with Crippen LogP contribution < -0.4 is 4.90 Å². The van der Waals surface area contributed by atoms with Gasteiger partial charge >= 0.3 is 6.03 Å². The summed E-state index contributed by atoms with van der Waals surface area (Å²) in [5.74, 6) is -1.24. The van der Waals surface area contributed by atoms with E-state index in [9.17, 15) is 13.6 Å². The summed E-state index contributed by atoms with van der Waals surface area (Å²) in [5.41, 5.74) is 0.867. The van der Waals surface area contributed by atoms with Gasteiger partial charge < -0.3 is 4.90 Å². The molecule has 1 aliphatic rings. The molecule has 2 amide bonds. The number of rotatable bonds is 3. The molecule has 1 unspecified atom stereocenters. The fourth-order valence-electron chi connectivity index (χ4n) is 3.13. The molecule has 0 aliphatic carbocycles. The molecule has 7 heteroatoms. The van der Waals surface area contributed by atoms with Crippen LogP contribution in [0, 0.1) is 17.6 Å². The second-order valence-corrected chi connectivity index (χ2v) is 6.96. The van der Waals surface area contributed by atoms with Gasteiger partial charge in [0.2, 0.25) is 0 Å². The highest BCUT2D eigenvalue weighted by molar-refractivity contribution is 6.39. The van der Waals surface area contributed by atoms with Gasteiger partial charge in [-0.2, -0.15) is 0 Å². The first-order valence-corrected chi connectivity index (χ1v) is 8.53. The Balaban J connectivity index is 1.87. The van der Waals surface area contributed by atoms with Crippen molar-refractivity contribution < 1.29 is 13.6 Å². The lowest BCUT2D eigenvalue weighted by atomic mass is 9.96. The number of hydrogen-bond donors (Lipinski definition) is 0. The topological polar surface area (TPSA) is 23.6 Å². The molecule has 2 aromatic carbocycles. The van der Waals surface area contributed by atoms with Crippen LogP contribution in [0.15, 0.2) is 36.4 Å². The van der Waals surface area contributed by atoms with Crippen molar-refractivity contribution in [2.24, 2.45) is 5.92 Å². The lowest BCUT2D eigenvalue weighted by Gasteiger charge is -2.39. The summed E-state index contributed by atoms with van der Waals surface area (Å²) in [6.45, 7) is 0.817. The first kappa shape index (κ1) is 18.0. The minimum Gasteiger partial charge on any atom is -0.327 e. The second kappa shape index (κ2) is 7.18. The maximum absolute atomic E-state index is 14.0. The van der Waals surface area contributed by atoms with E-state index in [2.05, 4.69) is 0 Å². The average Bonchev–Trinajstić information content (AvgIpc) is 2.54. The standard InChI is InChI=1S/C18H16Cl2F2N2O/c1-23-9-11(7-12-5-6-13(21)8-16(12)22)10-24(18(23)25)17-14(19)3-2-4-15(17)20/h2-6,8,11H,7,9-10H2,1H3. The summed E-state index contributed by atoms with van der Waals surface area (Å²) in [7, 11) is 1.67. The van der Waals surface area contributed by atoms with Crippen molar-refractivity contribution >= 4 is 34.9 Å². The molecule has 0 radical (unpaired) electrons. The largest absolute Gasteiger partial charge is 0.327 e. The van der Waals surface area contributed by atoms with Crippen molar-refractivity contribution in [2.45, 2.75) is 6.42 Å². The highest BCUT2D eigenvalue weighted by Crippen LogP contribution is 2.36. The number of urea groups is 1. The number of para-hydroxylation sites is 1. The van der Waals surface area contributed by atoms with Crippen molar-refractivity contribution in [3.05, 3.63) is 63.6 Å². The predicted octanol–water partition coefficient (Wildman–Crippen LogP) is 5.00. The van der Waals surface area contributed by atoms with Gasteiger partial charge in [0.05, 0.1) is 15.7 Å². The molecule has 0 spiro atoms. The maximum atomic E-state index is 14.0. The molecule has 3 rings (SSSR count). The number of carbonyl (C=O) groups is 1. The lowest BCUT2D eigenvalue weighted by molar-refractivity contribution is 0.192. The van der Waals surface area contributed by atoms with Crippen molar-refractivity contribution in [1.82, 2.24) is 4.90 Å². The Labute approximate surface area is 154 Å². The van der Waals surface area contributed by atoms with E-state index in [0.717, 1.165) is 6.07 Å². The molecule has 132 valence electrons. The van der Waals surface area contributed by atoms with E-state index in [1.165, 1.54) is 17.0 Å². The van der Waals surface area contributed by atoms with Crippen LogP contribution in [0.25, 0.3) is 0 Å². The van der Waals surface area contributed by atoms with E-state index in [4.69, 9.17) is 23.2 Å². The van der Waals surface area contributed by atoms with Gasteiger partial charge in [-0.1, -0.05) is 35.3 Å². The van der Waals surface area contributed by atoms with Gasteiger partial charge in [0.15, 0.2) is 0 Å². The molecular weight excluding hydrogens is 369 g/mol. The summed E-state index contributed by atoms with van der Waals surface area (Å²) in [4.78, 5) is 15.6. The fourth-order valence-corrected chi connectivity index (χ4v) is 3.73. The summed E-state index contributed by atoms with van der Waals surface area (Å²) in [5, 5.41) is 0.755. The third kappa shape index (κ3) is 3.72. The molecule has 1 aliphatic heterocycles. The number of anilines is 1. The van der Waals surface area contributed by atoms with Gasteiger partial charge in [-0.3, -0.25) is 4.90 Å². The number of amides is 2. The molecule has 0 bridgehead atoms. The monoisotopic (exact) mass is 384 g/mol. The minimum atomic E-state index is -0.610. The van der Waals surface area contributed by atoms with E-state index in [0.29, 0.717) is 40.8 Å². The van der Waals surface area contributed by atoms with E-state index in [1.54, 1.807) is 30.1 Å². The first-order valence-electron chi connectivity index (χ1n) is 7.77.